The molecule has 104 valence electrons. The minimum Gasteiger partial charge on any atom is -0.479 e. The number of carbonyl (C=O) groups is 1. The van der Waals surface area contributed by atoms with Crippen LogP contribution in [-0.4, -0.2) is 16.6 Å². The first kappa shape index (κ1) is 13.8. The molecule has 0 amide bonds. The summed E-state index contributed by atoms with van der Waals surface area (Å²) in [7, 11) is 0. The largest absolute Gasteiger partial charge is 0.479 e. The fourth-order valence-electron chi connectivity index (χ4n) is 2.99. The summed E-state index contributed by atoms with van der Waals surface area (Å²) in [4.78, 5) is 11.7. The van der Waals surface area contributed by atoms with Gasteiger partial charge >= 0.3 is 5.97 Å². The third-order valence-electron chi connectivity index (χ3n) is 4.22. The van der Waals surface area contributed by atoms with Crippen LogP contribution in [0.3, 0.4) is 0 Å². The van der Waals surface area contributed by atoms with E-state index in [9.17, 15) is 14.3 Å². The van der Waals surface area contributed by atoms with E-state index in [1.165, 1.54) is 12.1 Å². The van der Waals surface area contributed by atoms with Gasteiger partial charge in [-0.2, -0.15) is 0 Å². The van der Waals surface area contributed by atoms with Crippen LogP contribution in [0.25, 0.3) is 0 Å². The van der Waals surface area contributed by atoms with Crippen molar-refractivity contribution >= 4 is 11.7 Å². The van der Waals surface area contributed by atoms with Crippen LogP contribution in [0.2, 0.25) is 0 Å². The summed E-state index contributed by atoms with van der Waals surface area (Å²) in [5.41, 5.74) is -0.283. The maximum Gasteiger partial charge on any atom is 0.329 e. The third-order valence-corrected chi connectivity index (χ3v) is 4.22. The van der Waals surface area contributed by atoms with Crippen molar-refractivity contribution in [2.24, 2.45) is 11.8 Å². The molecule has 1 aliphatic rings. The predicted molar refractivity (Wildman–Crippen MR) is 72.6 cm³/mol. The molecule has 0 heterocycles. The van der Waals surface area contributed by atoms with Crippen molar-refractivity contribution in [2.75, 3.05) is 5.32 Å². The van der Waals surface area contributed by atoms with Gasteiger partial charge in [0.05, 0.1) is 0 Å². The molecule has 1 aliphatic carbocycles. The Morgan fingerprint density at radius 1 is 1.37 bits per heavy atom. The molecular formula is C15H20FNO2. The summed E-state index contributed by atoms with van der Waals surface area (Å²) in [5, 5.41) is 12.7. The van der Waals surface area contributed by atoms with Crippen molar-refractivity contribution in [3.8, 4) is 0 Å². The van der Waals surface area contributed by atoms with Gasteiger partial charge in [-0.1, -0.05) is 13.8 Å². The maximum absolute atomic E-state index is 12.9. The van der Waals surface area contributed by atoms with E-state index in [2.05, 4.69) is 12.2 Å². The highest BCUT2D eigenvalue weighted by molar-refractivity contribution is 5.83. The normalized spacial score (nSPS) is 30.9. The maximum atomic E-state index is 12.9. The average Bonchev–Trinajstić information content (AvgIpc) is 2.35. The molecule has 1 aromatic rings. The first-order chi connectivity index (χ1) is 8.94. The van der Waals surface area contributed by atoms with Crippen molar-refractivity contribution in [3.05, 3.63) is 30.1 Å². The van der Waals surface area contributed by atoms with Crippen molar-refractivity contribution in [1.29, 1.82) is 0 Å². The highest BCUT2D eigenvalue weighted by Crippen LogP contribution is 2.39. The Kier molecular flexibility index (Phi) is 3.78. The third kappa shape index (κ3) is 2.72. The Hall–Kier alpha value is -1.58. The summed E-state index contributed by atoms with van der Waals surface area (Å²) in [6.07, 6.45) is 2.38. The van der Waals surface area contributed by atoms with Gasteiger partial charge in [0.15, 0.2) is 0 Å². The van der Waals surface area contributed by atoms with Crippen LogP contribution >= 0.6 is 0 Å². The second-order valence-electron chi connectivity index (χ2n) is 5.69. The van der Waals surface area contributed by atoms with Gasteiger partial charge in [0.1, 0.15) is 11.4 Å². The van der Waals surface area contributed by atoms with Gasteiger partial charge in [0.25, 0.3) is 0 Å². The van der Waals surface area contributed by atoms with E-state index < -0.39 is 11.5 Å². The van der Waals surface area contributed by atoms with E-state index >= 15 is 0 Å². The molecule has 3 unspecified atom stereocenters. The first-order valence-corrected chi connectivity index (χ1v) is 6.71. The number of halogens is 1. The fourth-order valence-corrected chi connectivity index (χ4v) is 2.99. The minimum absolute atomic E-state index is 0.0406. The van der Waals surface area contributed by atoms with Crippen molar-refractivity contribution < 1.29 is 14.3 Å². The Morgan fingerprint density at radius 2 is 2.00 bits per heavy atom. The number of hydrogen-bond donors (Lipinski definition) is 2. The van der Waals surface area contributed by atoms with Gasteiger partial charge in [-0.3, -0.25) is 0 Å². The zero-order chi connectivity index (χ0) is 14.0. The predicted octanol–water partition coefficient (Wildman–Crippen LogP) is 3.52. The number of aliphatic carboxylic acids is 1. The van der Waals surface area contributed by atoms with Crippen LogP contribution in [0.1, 0.15) is 33.1 Å². The molecule has 0 saturated heterocycles. The van der Waals surface area contributed by atoms with Crippen molar-refractivity contribution in [3.63, 3.8) is 0 Å². The Bertz CT molecular complexity index is 460. The highest BCUT2D eigenvalue weighted by Gasteiger charge is 2.46. The number of carboxylic acids is 1. The molecule has 1 aromatic carbocycles. The molecule has 0 aliphatic heterocycles. The topological polar surface area (TPSA) is 49.3 Å². The number of rotatable bonds is 3. The Balaban J connectivity index is 2.25. The number of carboxylic acid groups (broad SMARTS) is 1. The number of anilines is 1. The lowest BCUT2D eigenvalue weighted by Gasteiger charge is -2.42. The molecule has 4 heteroatoms. The molecule has 0 bridgehead atoms. The summed E-state index contributed by atoms with van der Waals surface area (Å²) in [6.45, 7) is 4.13. The Morgan fingerprint density at radius 3 is 2.53 bits per heavy atom. The van der Waals surface area contributed by atoms with Crippen LogP contribution in [0, 0.1) is 17.7 Å². The minimum atomic E-state index is -0.940. The van der Waals surface area contributed by atoms with E-state index in [0.717, 1.165) is 12.8 Å². The van der Waals surface area contributed by atoms with Gasteiger partial charge in [0.2, 0.25) is 0 Å². The average molecular weight is 265 g/mol. The molecule has 0 radical (unpaired) electrons. The molecule has 3 atom stereocenters. The zero-order valence-corrected chi connectivity index (χ0v) is 11.3. The molecule has 19 heavy (non-hydrogen) atoms. The number of nitrogens with one attached hydrogen (secondary N) is 1. The number of benzene rings is 1. The van der Waals surface area contributed by atoms with Crippen molar-refractivity contribution in [1.82, 2.24) is 0 Å². The lowest BCUT2D eigenvalue weighted by atomic mass is 9.70. The molecule has 2 N–H and O–H groups in total. The lowest BCUT2D eigenvalue weighted by molar-refractivity contribution is -0.145. The molecule has 2 rings (SSSR count). The summed E-state index contributed by atoms with van der Waals surface area (Å²) >= 11 is 0. The van der Waals surface area contributed by atoms with Gasteiger partial charge < -0.3 is 10.4 Å². The zero-order valence-electron chi connectivity index (χ0n) is 11.3. The van der Waals surface area contributed by atoms with Crippen LogP contribution in [-0.2, 0) is 4.79 Å². The summed E-state index contributed by atoms with van der Waals surface area (Å²) in [5.74, 6) is -0.548. The molecule has 0 aromatic heterocycles. The van der Waals surface area contributed by atoms with E-state index in [1.807, 2.05) is 6.92 Å². The van der Waals surface area contributed by atoms with Crippen LogP contribution < -0.4 is 5.32 Å². The van der Waals surface area contributed by atoms with Gasteiger partial charge in [-0.15, -0.1) is 0 Å². The quantitative estimate of drug-likeness (QED) is 0.879. The molecule has 0 spiro atoms. The van der Waals surface area contributed by atoms with Crippen LogP contribution in [0.4, 0.5) is 10.1 Å². The highest BCUT2D eigenvalue weighted by atomic mass is 19.1. The molecule has 3 nitrogen and oxygen atoms in total. The van der Waals surface area contributed by atoms with E-state index in [-0.39, 0.29) is 11.7 Å². The summed E-state index contributed by atoms with van der Waals surface area (Å²) < 4.78 is 12.9. The number of hydrogen-bond acceptors (Lipinski definition) is 2. The van der Waals surface area contributed by atoms with E-state index in [4.69, 9.17) is 0 Å². The molecule has 1 fully saturated rings. The molecule has 1 saturated carbocycles. The standard InChI is InChI=1S/C15H20FNO2/c1-10-7-8-15(14(18)19,11(2)9-10)17-13-5-3-12(16)4-6-13/h3-6,10-11,17H,7-9H2,1-2H3,(H,18,19). The van der Waals surface area contributed by atoms with Crippen LogP contribution in [0.5, 0.6) is 0 Å². The SMILES string of the molecule is CC1CCC(Nc2ccc(F)cc2)(C(=O)O)C(C)C1. The monoisotopic (exact) mass is 265 g/mol. The molecular weight excluding hydrogens is 245 g/mol. The van der Waals surface area contributed by atoms with Gasteiger partial charge in [-0.25, -0.2) is 9.18 Å². The van der Waals surface area contributed by atoms with Gasteiger partial charge in [-0.05, 0) is 55.4 Å². The second kappa shape index (κ2) is 5.19. The van der Waals surface area contributed by atoms with E-state index in [1.54, 1.807) is 12.1 Å². The smallest absolute Gasteiger partial charge is 0.329 e. The summed E-state index contributed by atoms with van der Waals surface area (Å²) in [6, 6.07) is 5.86. The first-order valence-electron chi connectivity index (χ1n) is 6.71. The van der Waals surface area contributed by atoms with E-state index in [0.29, 0.717) is 18.0 Å². The van der Waals surface area contributed by atoms with Crippen LogP contribution in [0.15, 0.2) is 24.3 Å². The second-order valence-corrected chi connectivity index (χ2v) is 5.69. The Labute approximate surface area is 112 Å². The lowest BCUT2D eigenvalue weighted by Crippen LogP contribution is -2.54. The van der Waals surface area contributed by atoms with Crippen molar-refractivity contribution in [2.45, 2.75) is 38.6 Å². The van der Waals surface area contributed by atoms with Gasteiger partial charge in [0, 0.05) is 5.69 Å². The fraction of sp³-hybridized carbons (Fsp3) is 0.533.